The number of aryl methyl sites for hydroxylation is 1. The van der Waals surface area contributed by atoms with Gasteiger partial charge < -0.3 is 5.32 Å². The normalized spacial score (nSPS) is 11.7. The molecule has 102 valence electrons. The standard InChI is InChI=1S/C12H15N3O3S/c1-9-12(15-18-14-9)8-13-7-10-3-5-11(6-4-10)19(2,16)17/h3-6,13H,7-8H2,1-2H3. The fourth-order valence-electron chi connectivity index (χ4n) is 1.59. The van der Waals surface area contributed by atoms with Gasteiger partial charge in [0.15, 0.2) is 9.84 Å². The summed E-state index contributed by atoms with van der Waals surface area (Å²) in [5, 5.41) is 10.6. The summed E-state index contributed by atoms with van der Waals surface area (Å²) in [5.41, 5.74) is 2.54. The van der Waals surface area contributed by atoms with Crippen molar-refractivity contribution in [3.05, 3.63) is 41.2 Å². The van der Waals surface area contributed by atoms with Gasteiger partial charge in [-0.1, -0.05) is 22.4 Å². The van der Waals surface area contributed by atoms with Gasteiger partial charge in [0.25, 0.3) is 0 Å². The first kappa shape index (κ1) is 13.7. The van der Waals surface area contributed by atoms with E-state index in [1.54, 1.807) is 24.3 Å². The van der Waals surface area contributed by atoms with E-state index in [1.165, 1.54) is 6.26 Å². The van der Waals surface area contributed by atoms with Crippen LogP contribution in [-0.2, 0) is 22.9 Å². The molecule has 0 aliphatic heterocycles. The lowest BCUT2D eigenvalue weighted by Crippen LogP contribution is -2.13. The summed E-state index contributed by atoms with van der Waals surface area (Å²) >= 11 is 0. The molecule has 0 saturated heterocycles. The molecule has 0 aliphatic rings. The molecule has 1 aromatic heterocycles. The molecule has 1 heterocycles. The molecular formula is C12H15N3O3S. The minimum Gasteiger partial charge on any atom is -0.307 e. The van der Waals surface area contributed by atoms with Gasteiger partial charge >= 0.3 is 0 Å². The van der Waals surface area contributed by atoms with Gasteiger partial charge in [0.2, 0.25) is 0 Å². The Hall–Kier alpha value is -1.73. The third-order valence-electron chi connectivity index (χ3n) is 2.72. The summed E-state index contributed by atoms with van der Waals surface area (Å²) in [5.74, 6) is 0. The average Bonchev–Trinajstić information content (AvgIpc) is 2.75. The number of rotatable bonds is 5. The summed E-state index contributed by atoms with van der Waals surface area (Å²) in [7, 11) is -3.13. The number of hydrogen-bond donors (Lipinski definition) is 1. The molecule has 19 heavy (non-hydrogen) atoms. The quantitative estimate of drug-likeness (QED) is 0.882. The molecule has 0 saturated carbocycles. The lowest BCUT2D eigenvalue weighted by molar-refractivity contribution is 0.300. The van der Waals surface area contributed by atoms with Crippen LogP contribution in [-0.4, -0.2) is 25.0 Å². The molecule has 0 fully saturated rings. The Bertz CT molecular complexity index is 647. The van der Waals surface area contributed by atoms with Crippen molar-refractivity contribution >= 4 is 9.84 Å². The van der Waals surface area contributed by atoms with Crippen molar-refractivity contribution in [2.75, 3.05) is 6.26 Å². The lowest BCUT2D eigenvalue weighted by atomic mass is 10.2. The van der Waals surface area contributed by atoms with Gasteiger partial charge in [-0.3, -0.25) is 0 Å². The highest BCUT2D eigenvalue weighted by molar-refractivity contribution is 7.90. The minimum atomic E-state index is -3.13. The predicted molar refractivity (Wildman–Crippen MR) is 69.1 cm³/mol. The number of sulfone groups is 1. The molecule has 0 amide bonds. The third-order valence-corrected chi connectivity index (χ3v) is 3.85. The Morgan fingerprint density at radius 1 is 1.16 bits per heavy atom. The van der Waals surface area contributed by atoms with Gasteiger partial charge in [-0.15, -0.1) is 0 Å². The van der Waals surface area contributed by atoms with E-state index in [-0.39, 0.29) is 0 Å². The van der Waals surface area contributed by atoms with E-state index in [0.29, 0.717) is 18.0 Å². The summed E-state index contributed by atoms with van der Waals surface area (Å²) < 4.78 is 27.2. The monoisotopic (exact) mass is 281 g/mol. The molecule has 1 N–H and O–H groups in total. The van der Waals surface area contributed by atoms with Crippen LogP contribution in [0.5, 0.6) is 0 Å². The molecule has 1 aromatic carbocycles. The zero-order valence-corrected chi connectivity index (χ0v) is 11.6. The average molecular weight is 281 g/mol. The fraction of sp³-hybridized carbons (Fsp3) is 0.333. The van der Waals surface area contributed by atoms with Crippen LogP contribution < -0.4 is 5.32 Å². The van der Waals surface area contributed by atoms with Crippen molar-refractivity contribution in [2.45, 2.75) is 24.9 Å². The molecule has 0 aliphatic carbocycles. The van der Waals surface area contributed by atoms with E-state index in [4.69, 9.17) is 0 Å². The van der Waals surface area contributed by atoms with Gasteiger partial charge in [0, 0.05) is 19.3 Å². The molecule has 6 nitrogen and oxygen atoms in total. The predicted octanol–water partition coefficient (Wildman–Crippen LogP) is 1.07. The van der Waals surface area contributed by atoms with Crippen LogP contribution in [0.2, 0.25) is 0 Å². The van der Waals surface area contributed by atoms with Crippen molar-refractivity contribution in [2.24, 2.45) is 0 Å². The molecule has 0 unspecified atom stereocenters. The molecule has 0 atom stereocenters. The summed E-state index contributed by atoms with van der Waals surface area (Å²) in [6.45, 7) is 3.01. The van der Waals surface area contributed by atoms with Crippen molar-refractivity contribution in [3.63, 3.8) is 0 Å². The van der Waals surface area contributed by atoms with E-state index in [1.807, 2.05) is 6.92 Å². The Labute approximate surface area is 111 Å². The van der Waals surface area contributed by atoms with Crippen LogP contribution in [0, 0.1) is 6.92 Å². The Balaban J connectivity index is 1.92. The molecule has 2 aromatic rings. The van der Waals surface area contributed by atoms with E-state index >= 15 is 0 Å². The number of nitrogens with one attached hydrogen (secondary N) is 1. The SMILES string of the molecule is Cc1nonc1CNCc1ccc(S(C)(=O)=O)cc1. The second-order valence-corrected chi connectivity index (χ2v) is 6.33. The van der Waals surface area contributed by atoms with Gasteiger partial charge in [-0.2, -0.15) is 0 Å². The molecule has 7 heteroatoms. The summed E-state index contributed by atoms with van der Waals surface area (Å²) in [4.78, 5) is 0.327. The first-order valence-corrected chi connectivity index (χ1v) is 7.64. The van der Waals surface area contributed by atoms with Crippen LogP contribution in [0.25, 0.3) is 0 Å². The van der Waals surface area contributed by atoms with Crippen LogP contribution in [0.1, 0.15) is 17.0 Å². The van der Waals surface area contributed by atoms with Crippen LogP contribution >= 0.6 is 0 Å². The maximum atomic E-state index is 11.3. The van der Waals surface area contributed by atoms with E-state index in [0.717, 1.165) is 17.0 Å². The topological polar surface area (TPSA) is 85.1 Å². The number of hydrogen-bond acceptors (Lipinski definition) is 6. The van der Waals surface area contributed by atoms with Gasteiger partial charge in [0.05, 0.1) is 4.90 Å². The van der Waals surface area contributed by atoms with Crippen molar-refractivity contribution in [1.82, 2.24) is 15.6 Å². The van der Waals surface area contributed by atoms with Gasteiger partial charge in [0.1, 0.15) is 11.4 Å². The first-order chi connectivity index (χ1) is 8.97. The molecular weight excluding hydrogens is 266 g/mol. The van der Waals surface area contributed by atoms with Crippen LogP contribution in [0.15, 0.2) is 33.8 Å². The second-order valence-electron chi connectivity index (χ2n) is 4.32. The highest BCUT2D eigenvalue weighted by Gasteiger charge is 2.07. The molecule has 2 rings (SSSR count). The maximum absolute atomic E-state index is 11.3. The van der Waals surface area contributed by atoms with Crippen molar-refractivity contribution < 1.29 is 13.0 Å². The smallest absolute Gasteiger partial charge is 0.175 e. The number of nitrogens with zero attached hydrogens (tertiary/aromatic N) is 2. The first-order valence-electron chi connectivity index (χ1n) is 5.74. The van der Waals surface area contributed by atoms with E-state index in [2.05, 4.69) is 20.3 Å². The van der Waals surface area contributed by atoms with Gasteiger partial charge in [-0.05, 0) is 24.6 Å². The number of aromatic nitrogens is 2. The maximum Gasteiger partial charge on any atom is 0.175 e. The second kappa shape index (κ2) is 5.50. The highest BCUT2D eigenvalue weighted by atomic mass is 32.2. The lowest BCUT2D eigenvalue weighted by Gasteiger charge is -2.04. The van der Waals surface area contributed by atoms with E-state index < -0.39 is 9.84 Å². The molecule has 0 spiro atoms. The number of benzene rings is 1. The molecule has 0 radical (unpaired) electrons. The van der Waals surface area contributed by atoms with Crippen molar-refractivity contribution in [3.8, 4) is 0 Å². The summed E-state index contributed by atoms with van der Waals surface area (Å²) in [6.07, 6.45) is 1.20. The summed E-state index contributed by atoms with van der Waals surface area (Å²) in [6, 6.07) is 6.79. The Morgan fingerprint density at radius 2 is 1.84 bits per heavy atom. The van der Waals surface area contributed by atoms with Crippen LogP contribution in [0.4, 0.5) is 0 Å². The highest BCUT2D eigenvalue weighted by Crippen LogP contribution is 2.10. The molecule has 0 bridgehead atoms. The minimum absolute atomic E-state index is 0.327. The van der Waals surface area contributed by atoms with Gasteiger partial charge in [-0.25, -0.2) is 13.0 Å². The Morgan fingerprint density at radius 3 is 2.37 bits per heavy atom. The fourth-order valence-corrected chi connectivity index (χ4v) is 2.22. The van der Waals surface area contributed by atoms with E-state index in [9.17, 15) is 8.42 Å². The zero-order valence-electron chi connectivity index (χ0n) is 10.8. The largest absolute Gasteiger partial charge is 0.307 e. The van der Waals surface area contributed by atoms with Crippen LogP contribution in [0.3, 0.4) is 0 Å². The van der Waals surface area contributed by atoms with Crippen molar-refractivity contribution in [1.29, 1.82) is 0 Å². The zero-order chi connectivity index (χ0) is 13.9. The Kier molecular flexibility index (Phi) is 3.96. The third kappa shape index (κ3) is 3.62.